The lowest BCUT2D eigenvalue weighted by Gasteiger charge is -2.22. The first-order valence-corrected chi connectivity index (χ1v) is 7.86. The van der Waals surface area contributed by atoms with Gasteiger partial charge in [0.05, 0.1) is 12.4 Å². The number of hydroxylamine groups is 2. The molecule has 1 atom stereocenters. The third kappa shape index (κ3) is 6.26. The van der Waals surface area contributed by atoms with Crippen molar-refractivity contribution in [2.75, 3.05) is 13.6 Å². The molecule has 0 radical (unpaired) electrons. The van der Waals surface area contributed by atoms with Crippen molar-refractivity contribution in [3.63, 3.8) is 0 Å². The molecule has 1 rings (SSSR count). The molecular formula is C17H28N4O. The Labute approximate surface area is 133 Å². The van der Waals surface area contributed by atoms with Crippen LogP contribution >= 0.6 is 0 Å². The molecule has 5 heteroatoms. The highest BCUT2D eigenvalue weighted by Crippen LogP contribution is 2.12. The summed E-state index contributed by atoms with van der Waals surface area (Å²) in [4.78, 5) is 9.98. The number of nitrogens with zero attached hydrogens (tertiary/aromatic N) is 2. The fourth-order valence-corrected chi connectivity index (χ4v) is 2.01. The van der Waals surface area contributed by atoms with Crippen LogP contribution in [0.1, 0.15) is 38.7 Å². The van der Waals surface area contributed by atoms with Crippen molar-refractivity contribution in [1.82, 2.24) is 5.06 Å². The second-order valence-corrected chi connectivity index (χ2v) is 5.32. The van der Waals surface area contributed by atoms with Crippen LogP contribution < -0.4 is 5.73 Å². The van der Waals surface area contributed by atoms with E-state index in [1.54, 1.807) is 7.05 Å². The van der Waals surface area contributed by atoms with Crippen molar-refractivity contribution < 1.29 is 4.84 Å². The van der Waals surface area contributed by atoms with Gasteiger partial charge in [0.2, 0.25) is 0 Å². The van der Waals surface area contributed by atoms with Gasteiger partial charge in [-0.2, -0.15) is 0 Å². The molecule has 1 aromatic carbocycles. The Bertz CT molecular complexity index is 473. The van der Waals surface area contributed by atoms with Crippen LogP contribution in [0.4, 0.5) is 0 Å². The van der Waals surface area contributed by atoms with Gasteiger partial charge in [-0.25, -0.2) is 5.06 Å². The monoisotopic (exact) mass is 304 g/mol. The van der Waals surface area contributed by atoms with E-state index < -0.39 is 0 Å². The van der Waals surface area contributed by atoms with Crippen molar-refractivity contribution in [1.29, 1.82) is 5.41 Å². The molecule has 5 nitrogen and oxygen atoms in total. The smallest absolute Gasteiger partial charge is 0.121 e. The molecule has 0 heterocycles. The zero-order valence-corrected chi connectivity index (χ0v) is 13.9. The van der Waals surface area contributed by atoms with Crippen molar-refractivity contribution >= 4 is 11.7 Å². The largest absolute Gasteiger partial charge is 0.387 e. The molecule has 0 fully saturated rings. The average molecular weight is 304 g/mol. The van der Waals surface area contributed by atoms with Crippen LogP contribution in [0.25, 0.3) is 0 Å². The number of hydrogen-bond donors (Lipinski definition) is 2. The summed E-state index contributed by atoms with van der Waals surface area (Å²) in [6, 6.07) is 9.92. The normalized spacial score (nSPS) is 13.0. The lowest BCUT2D eigenvalue weighted by atomic mass is 10.0. The molecule has 0 bridgehead atoms. The van der Waals surface area contributed by atoms with E-state index in [4.69, 9.17) is 16.0 Å². The van der Waals surface area contributed by atoms with Crippen LogP contribution in [0, 0.1) is 11.3 Å². The molecule has 0 aromatic heterocycles. The molecule has 0 aliphatic heterocycles. The Morgan fingerprint density at radius 2 is 2.00 bits per heavy atom. The van der Waals surface area contributed by atoms with Gasteiger partial charge < -0.3 is 5.73 Å². The first-order chi connectivity index (χ1) is 10.6. The Morgan fingerprint density at radius 1 is 1.32 bits per heavy atom. The SMILES string of the molecule is CCCN=C(N)C(CC)CC(=N)N(C)OCc1ccccc1. The van der Waals surface area contributed by atoms with E-state index in [2.05, 4.69) is 18.8 Å². The minimum atomic E-state index is 0.0989. The molecule has 0 saturated heterocycles. The van der Waals surface area contributed by atoms with Gasteiger partial charge in [0.15, 0.2) is 0 Å². The number of rotatable bonds is 9. The second-order valence-electron chi connectivity index (χ2n) is 5.32. The average Bonchev–Trinajstić information content (AvgIpc) is 2.55. The molecule has 1 aromatic rings. The highest BCUT2D eigenvalue weighted by Gasteiger charge is 2.16. The quantitative estimate of drug-likeness (QED) is 0.418. The molecule has 22 heavy (non-hydrogen) atoms. The van der Waals surface area contributed by atoms with Gasteiger partial charge in [-0.15, -0.1) is 0 Å². The minimum Gasteiger partial charge on any atom is -0.387 e. The fourth-order valence-electron chi connectivity index (χ4n) is 2.01. The maximum absolute atomic E-state index is 8.15. The van der Waals surface area contributed by atoms with Crippen molar-refractivity contribution in [2.24, 2.45) is 16.6 Å². The fraction of sp³-hybridized carbons (Fsp3) is 0.529. The summed E-state index contributed by atoms with van der Waals surface area (Å²) in [6.45, 7) is 5.34. The summed E-state index contributed by atoms with van der Waals surface area (Å²) >= 11 is 0. The first kappa shape index (κ1) is 18.2. The summed E-state index contributed by atoms with van der Waals surface area (Å²) < 4.78 is 0. The number of amidine groups is 2. The first-order valence-electron chi connectivity index (χ1n) is 7.86. The summed E-state index contributed by atoms with van der Waals surface area (Å²) in [5.74, 6) is 1.16. The maximum atomic E-state index is 8.15. The highest BCUT2D eigenvalue weighted by molar-refractivity contribution is 5.88. The molecule has 0 aliphatic carbocycles. The Kier molecular flexibility index (Phi) is 8.22. The standard InChI is InChI=1S/C17H28N4O/c1-4-11-20-17(19)15(5-2)12-16(18)21(3)22-13-14-9-7-6-8-10-14/h6-10,15,18H,4-5,11-13H2,1-3H3,(H2,19,20). The highest BCUT2D eigenvalue weighted by atomic mass is 16.7. The molecule has 1 unspecified atom stereocenters. The predicted octanol–water partition coefficient (Wildman–Crippen LogP) is 3.21. The van der Waals surface area contributed by atoms with E-state index in [1.807, 2.05) is 30.3 Å². The predicted molar refractivity (Wildman–Crippen MR) is 91.9 cm³/mol. The molecule has 122 valence electrons. The van der Waals surface area contributed by atoms with Crippen LogP contribution in [0.15, 0.2) is 35.3 Å². The van der Waals surface area contributed by atoms with Gasteiger partial charge in [-0.05, 0) is 18.4 Å². The van der Waals surface area contributed by atoms with E-state index in [0.29, 0.717) is 24.7 Å². The number of nitrogens with one attached hydrogen (secondary N) is 1. The third-order valence-corrected chi connectivity index (χ3v) is 3.52. The van der Waals surface area contributed by atoms with Gasteiger partial charge in [0.1, 0.15) is 5.84 Å². The summed E-state index contributed by atoms with van der Waals surface area (Å²) in [6.07, 6.45) is 2.39. The van der Waals surface area contributed by atoms with E-state index in [0.717, 1.165) is 24.9 Å². The zero-order valence-electron chi connectivity index (χ0n) is 13.9. The van der Waals surface area contributed by atoms with Gasteiger partial charge in [-0.1, -0.05) is 44.2 Å². The summed E-state index contributed by atoms with van der Waals surface area (Å²) in [7, 11) is 1.76. The molecule has 0 saturated carbocycles. The number of benzene rings is 1. The molecule has 0 spiro atoms. The van der Waals surface area contributed by atoms with Crippen LogP contribution in [-0.4, -0.2) is 30.3 Å². The topological polar surface area (TPSA) is 74.7 Å². The Morgan fingerprint density at radius 3 is 2.59 bits per heavy atom. The van der Waals surface area contributed by atoms with Gasteiger partial charge >= 0.3 is 0 Å². The van der Waals surface area contributed by atoms with Crippen LogP contribution in [0.2, 0.25) is 0 Å². The van der Waals surface area contributed by atoms with Crippen molar-refractivity contribution in [3.05, 3.63) is 35.9 Å². The molecule has 3 N–H and O–H groups in total. The Hall–Kier alpha value is -1.88. The summed E-state index contributed by atoms with van der Waals surface area (Å²) in [5.41, 5.74) is 7.10. The lowest BCUT2D eigenvalue weighted by molar-refractivity contribution is -0.0942. The Balaban J connectivity index is 2.48. The van der Waals surface area contributed by atoms with Crippen LogP contribution in [0.5, 0.6) is 0 Å². The zero-order chi connectivity index (χ0) is 16.4. The van der Waals surface area contributed by atoms with E-state index in [9.17, 15) is 0 Å². The molecular weight excluding hydrogens is 276 g/mol. The number of hydrogen-bond acceptors (Lipinski definition) is 3. The third-order valence-electron chi connectivity index (χ3n) is 3.52. The summed E-state index contributed by atoms with van der Waals surface area (Å²) in [5, 5.41) is 9.67. The lowest BCUT2D eigenvalue weighted by Crippen LogP contribution is -2.32. The minimum absolute atomic E-state index is 0.0989. The number of nitrogens with two attached hydrogens (primary N) is 1. The van der Waals surface area contributed by atoms with Crippen molar-refractivity contribution in [2.45, 2.75) is 39.7 Å². The van der Waals surface area contributed by atoms with E-state index in [1.165, 1.54) is 5.06 Å². The van der Waals surface area contributed by atoms with Crippen LogP contribution in [-0.2, 0) is 11.4 Å². The van der Waals surface area contributed by atoms with E-state index in [-0.39, 0.29) is 5.92 Å². The van der Waals surface area contributed by atoms with Crippen LogP contribution in [0.3, 0.4) is 0 Å². The second kappa shape index (κ2) is 9.95. The van der Waals surface area contributed by atoms with Gasteiger partial charge in [0, 0.05) is 25.9 Å². The molecule has 0 aliphatic rings. The number of aliphatic imine (C=N–C) groups is 1. The van der Waals surface area contributed by atoms with Gasteiger partial charge in [-0.3, -0.25) is 15.2 Å². The van der Waals surface area contributed by atoms with Gasteiger partial charge in [0.25, 0.3) is 0 Å². The van der Waals surface area contributed by atoms with E-state index >= 15 is 0 Å². The van der Waals surface area contributed by atoms with Crippen molar-refractivity contribution in [3.8, 4) is 0 Å². The maximum Gasteiger partial charge on any atom is 0.121 e. The molecule has 0 amide bonds.